The van der Waals surface area contributed by atoms with Crippen LogP contribution in [0.2, 0.25) is 0 Å². The van der Waals surface area contributed by atoms with Gasteiger partial charge in [-0.25, -0.2) is 13.1 Å². The van der Waals surface area contributed by atoms with E-state index in [2.05, 4.69) is 20.2 Å². The molecule has 1 unspecified atom stereocenters. The molecule has 20 heavy (non-hydrogen) atoms. The number of nitrogens with zero attached hydrogens (tertiary/aromatic N) is 1. The first-order valence-electron chi connectivity index (χ1n) is 6.44. The summed E-state index contributed by atoms with van der Waals surface area (Å²) in [6, 6.07) is 4.87. The molecule has 1 aliphatic rings. The summed E-state index contributed by atoms with van der Waals surface area (Å²) in [5, 5.41) is 9.69. The van der Waals surface area contributed by atoms with Gasteiger partial charge in [0, 0.05) is 30.0 Å². The minimum absolute atomic E-state index is 0.279. The number of aromatic amines is 1. The summed E-state index contributed by atoms with van der Waals surface area (Å²) in [5.41, 5.74) is 2.86. The van der Waals surface area contributed by atoms with E-state index >= 15 is 0 Å². The van der Waals surface area contributed by atoms with Crippen molar-refractivity contribution >= 4 is 15.7 Å². The molecule has 2 aromatic rings. The molecule has 0 bridgehead atoms. The van der Waals surface area contributed by atoms with E-state index in [0.717, 1.165) is 29.8 Å². The van der Waals surface area contributed by atoms with Crippen molar-refractivity contribution in [2.24, 2.45) is 0 Å². The zero-order valence-corrected chi connectivity index (χ0v) is 11.9. The van der Waals surface area contributed by atoms with Gasteiger partial charge in [-0.3, -0.25) is 5.10 Å². The number of hydrogen-bond donors (Lipinski definition) is 3. The van der Waals surface area contributed by atoms with Crippen LogP contribution >= 0.6 is 0 Å². The van der Waals surface area contributed by atoms with Gasteiger partial charge in [0.25, 0.3) is 0 Å². The van der Waals surface area contributed by atoms with Crippen molar-refractivity contribution in [2.75, 3.05) is 11.9 Å². The Kier molecular flexibility index (Phi) is 3.23. The smallest absolute Gasteiger partial charge is 0.241 e. The normalized spacial score (nSPS) is 15.7. The van der Waals surface area contributed by atoms with E-state index in [0.29, 0.717) is 0 Å². The lowest BCUT2D eigenvalue weighted by Gasteiger charge is -2.13. The molecule has 0 spiro atoms. The van der Waals surface area contributed by atoms with Gasteiger partial charge in [-0.05, 0) is 31.0 Å². The van der Waals surface area contributed by atoms with E-state index in [-0.39, 0.29) is 10.9 Å². The van der Waals surface area contributed by atoms with Crippen LogP contribution in [0.5, 0.6) is 0 Å². The highest BCUT2D eigenvalue weighted by Crippen LogP contribution is 2.26. The topological polar surface area (TPSA) is 86.9 Å². The standard InChI is InChI=1S/C13H16N4O2S/c1-9(11-7-15-16-8-11)17-20(18,19)12-3-2-10-4-5-14-13(10)6-12/h2-3,6-9,14,17H,4-5H2,1H3,(H,15,16). The molecular formula is C13H16N4O2S. The van der Waals surface area contributed by atoms with Gasteiger partial charge < -0.3 is 5.32 Å². The molecule has 1 aromatic carbocycles. The highest BCUT2D eigenvalue weighted by atomic mass is 32.2. The van der Waals surface area contributed by atoms with Crippen LogP contribution in [-0.4, -0.2) is 25.2 Å². The average Bonchev–Trinajstić information content (AvgIpc) is 3.08. The number of aromatic nitrogens is 2. The molecule has 0 fully saturated rings. The highest BCUT2D eigenvalue weighted by molar-refractivity contribution is 7.89. The second-order valence-corrected chi connectivity index (χ2v) is 6.58. The van der Waals surface area contributed by atoms with Crippen LogP contribution in [0.4, 0.5) is 5.69 Å². The lowest BCUT2D eigenvalue weighted by Crippen LogP contribution is -2.26. The molecule has 3 rings (SSSR count). The minimum atomic E-state index is -3.54. The van der Waals surface area contributed by atoms with E-state index in [1.54, 1.807) is 31.5 Å². The maximum Gasteiger partial charge on any atom is 0.241 e. The lowest BCUT2D eigenvalue weighted by molar-refractivity contribution is 0.567. The van der Waals surface area contributed by atoms with Crippen LogP contribution in [0.25, 0.3) is 0 Å². The largest absolute Gasteiger partial charge is 0.384 e. The SMILES string of the molecule is CC(NS(=O)(=O)c1ccc2c(c1)NCC2)c1cn[nH]c1. The number of sulfonamides is 1. The van der Waals surface area contributed by atoms with Gasteiger partial charge in [-0.2, -0.15) is 5.10 Å². The fourth-order valence-corrected chi connectivity index (χ4v) is 3.56. The summed E-state index contributed by atoms with van der Waals surface area (Å²) in [6.45, 7) is 2.64. The van der Waals surface area contributed by atoms with Crippen LogP contribution in [-0.2, 0) is 16.4 Å². The fourth-order valence-electron chi connectivity index (χ4n) is 2.30. The average molecular weight is 292 g/mol. The number of benzene rings is 1. The lowest BCUT2D eigenvalue weighted by atomic mass is 10.2. The minimum Gasteiger partial charge on any atom is -0.384 e. The number of H-pyrrole nitrogens is 1. The molecule has 7 heteroatoms. The van der Waals surface area contributed by atoms with Crippen molar-refractivity contribution in [3.8, 4) is 0 Å². The van der Waals surface area contributed by atoms with Crippen molar-refractivity contribution in [3.63, 3.8) is 0 Å². The summed E-state index contributed by atoms with van der Waals surface area (Å²) >= 11 is 0. The Labute approximate surface area is 117 Å². The van der Waals surface area contributed by atoms with Crippen molar-refractivity contribution in [2.45, 2.75) is 24.3 Å². The Morgan fingerprint density at radius 1 is 1.40 bits per heavy atom. The summed E-state index contributed by atoms with van der Waals surface area (Å²) in [7, 11) is -3.54. The third-order valence-corrected chi connectivity index (χ3v) is 4.99. The second-order valence-electron chi connectivity index (χ2n) is 4.87. The van der Waals surface area contributed by atoms with Crippen molar-refractivity contribution in [1.82, 2.24) is 14.9 Å². The second kappa shape index (κ2) is 4.92. The number of hydrogen-bond acceptors (Lipinski definition) is 4. The molecule has 1 aliphatic heterocycles. The Bertz CT molecular complexity index is 710. The van der Waals surface area contributed by atoms with Gasteiger partial charge in [0.2, 0.25) is 10.0 Å². The molecular weight excluding hydrogens is 276 g/mol. The molecule has 2 heterocycles. The predicted octanol–water partition coefficient (Wildman–Crippen LogP) is 1.42. The van der Waals surface area contributed by atoms with Crippen molar-refractivity contribution < 1.29 is 8.42 Å². The maximum absolute atomic E-state index is 12.4. The molecule has 0 aliphatic carbocycles. The van der Waals surface area contributed by atoms with E-state index in [1.807, 2.05) is 6.07 Å². The first kappa shape index (κ1) is 13.1. The Morgan fingerprint density at radius 3 is 3.00 bits per heavy atom. The monoisotopic (exact) mass is 292 g/mol. The molecule has 1 atom stereocenters. The summed E-state index contributed by atoms with van der Waals surface area (Å²) in [5.74, 6) is 0. The maximum atomic E-state index is 12.4. The van der Waals surface area contributed by atoms with E-state index in [1.165, 1.54) is 0 Å². The van der Waals surface area contributed by atoms with Gasteiger partial charge in [0.1, 0.15) is 0 Å². The van der Waals surface area contributed by atoms with E-state index in [9.17, 15) is 8.42 Å². The number of anilines is 1. The summed E-state index contributed by atoms with van der Waals surface area (Å²) < 4.78 is 27.4. The number of nitrogens with one attached hydrogen (secondary N) is 3. The van der Waals surface area contributed by atoms with Crippen LogP contribution in [0.15, 0.2) is 35.5 Å². The van der Waals surface area contributed by atoms with Crippen LogP contribution < -0.4 is 10.0 Å². The number of rotatable bonds is 4. The van der Waals surface area contributed by atoms with Gasteiger partial charge in [0.15, 0.2) is 0 Å². The van der Waals surface area contributed by atoms with Gasteiger partial charge >= 0.3 is 0 Å². The molecule has 6 nitrogen and oxygen atoms in total. The summed E-state index contributed by atoms with van der Waals surface area (Å²) in [6.07, 6.45) is 4.23. The first-order chi connectivity index (χ1) is 9.56. The zero-order valence-electron chi connectivity index (χ0n) is 11.1. The summed E-state index contributed by atoms with van der Waals surface area (Å²) in [4.78, 5) is 0.279. The number of fused-ring (bicyclic) bond motifs is 1. The van der Waals surface area contributed by atoms with E-state index < -0.39 is 10.0 Å². The Balaban J connectivity index is 1.85. The van der Waals surface area contributed by atoms with Gasteiger partial charge in [0.05, 0.1) is 11.1 Å². The molecule has 1 aromatic heterocycles. The third-order valence-electron chi connectivity index (χ3n) is 3.45. The fraction of sp³-hybridized carbons (Fsp3) is 0.308. The Morgan fingerprint density at radius 2 is 2.25 bits per heavy atom. The quantitative estimate of drug-likeness (QED) is 0.795. The molecule has 3 N–H and O–H groups in total. The van der Waals surface area contributed by atoms with Crippen LogP contribution in [0, 0.1) is 0 Å². The van der Waals surface area contributed by atoms with Gasteiger partial charge in [-0.15, -0.1) is 0 Å². The van der Waals surface area contributed by atoms with Crippen molar-refractivity contribution in [3.05, 3.63) is 41.7 Å². The van der Waals surface area contributed by atoms with Gasteiger partial charge in [-0.1, -0.05) is 6.07 Å². The van der Waals surface area contributed by atoms with Crippen LogP contribution in [0.3, 0.4) is 0 Å². The zero-order chi connectivity index (χ0) is 14.2. The molecule has 0 radical (unpaired) electrons. The molecule has 0 saturated carbocycles. The van der Waals surface area contributed by atoms with Crippen molar-refractivity contribution in [1.29, 1.82) is 0 Å². The molecule has 0 amide bonds. The molecule has 106 valence electrons. The molecule has 0 saturated heterocycles. The Hall–Kier alpha value is -1.86. The first-order valence-corrected chi connectivity index (χ1v) is 7.92. The van der Waals surface area contributed by atoms with Crippen LogP contribution in [0.1, 0.15) is 24.1 Å². The van der Waals surface area contributed by atoms with E-state index in [4.69, 9.17) is 0 Å². The predicted molar refractivity (Wildman–Crippen MR) is 76.0 cm³/mol. The third kappa shape index (κ3) is 2.41. The highest BCUT2D eigenvalue weighted by Gasteiger charge is 2.21.